The van der Waals surface area contributed by atoms with Crippen LogP contribution in [0.2, 0.25) is 0 Å². The molecule has 3 aromatic rings. The van der Waals surface area contributed by atoms with E-state index < -0.39 is 6.10 Å². The zero-order valence-electron chi connectivity index (χ0n) is 21.0. The number of fused-ring (bicyclic) bond motifs is 1. The van der Waals surface area contributed by atoms with Crippen molar-refractivity contribution in [2.75, 3.05) is 19.0 Å². The maximum absolute atomic E-state index is 13.2. The summed E-state index contributed by atoms with van der Waals surface area (Å²) in [4.78, 5) is 28.0. The lowest BCUT2D eigenvalue weighted by molar-refractivity contribution is -0.134. The molecule has 2 atom stereocenters. The highest BCUT2D eigenvalue weighted by molar-refractivity contribution is 5.94. The van der Waals surface area contributed by atoms with Crippen molar-refractivity contribution in [2.24, 2.45) is 5.92 Å². The van der Waals surface area contributed by atoms with Crippen LogP contribution in [0.25, 0.3) is 0 Å². The summed E-state index contributed by atoms with van der Waals surface area (Å²) in [6.45, 7) is 4.51. The first-order valence-corrected chi connectivity index (χ1v) is 12.5. The Morgan fingerprint density at radius 3 is 2.33 bits per heavy atom. The summed E-state index contributed by atoms with van der Waals surface area (Å²) >= 11 is 0. The number of methoxy groups -OCH3 is 1. The van der Waals surface area contributed by atoms with E-state index in [1.165, 1.54) is 11.1 Å². The van der Waals surface area contributed by atoms with Crippen LogP contribution >= 0.6 is 0 Å². The summed E-state index contributed by atoms with van der Waals surface area (Å²) in [6.07, 6.45) is 2.07. The maximum atomic E-state index is 13.2. The number of nitrogens with zero attached hydrogens (tertiary/aromatic N) is 1. The fourth-order valence-electron chi connectivity index (χ4n) is 4.75. The molecule has 2 amide bonds. The van der Waals surface area contributed by atoms with Crippen molar-refractivity contribution in [1.82, 2.24) is 4.90 Å². The summed E-state index contributed by atoms with van der Waals surface area (Å²) in [6, 6.07) is 21.4. The molecule has 1 N–H and O–H groups in total. The summed E-state index contributed by atoms with van der Waals surface area (Å²) < 4.78 is 11.2. The number of ether oxygens (including phenoxy) is 2. The van der Waals surface area contributed by atoms with Crippen LogP contribution in [0.3, 0.4) is 0 Å². The number of hydrogen-bond donors (Lipinski definition) is 1. The molecule has 1 aliphatic carbocycles. The molecule has 36 heavy (non-hydrogen) atoms. The van der Waals surface area contributed by atoms with Gasteiger partial charge in [0.2, 0.25) is 5.91 Å². The summed E-state index contributed by atoms with van der Waals surface area (Å²) in [5, 5.41) is 2.88. The number of anilines is 1. The van der Waals surface area contributed by atoms with Crippen LogP contribution in [0.4, 0.5) is 5.69 Å². The molecule has 0 saturated heterocycles. The summed E-state index contributed by atoms with van der Waals surface area (Å²) in [7, 11) is 1.60. The van der Waals surface area contributed by atoms with Gasteiger partial charge in [-0.15, -0.1) is 0 Å². The minimum Gasteiger partial charge on any atom is -0.497 e. The minimum absolute atomic E-state index is 0.153. The van der Waals surface area contributed by atoms with Crippen LogP contribution in [0.1, 0.15) is 48.1 Å². The monoisotopic (exact) mass is 484 g/mol. The molecule has 6 heteroatoms. The van der Waals surface area contributed by atoms with Crippen molar-refractivity contribution in [3.05, 3.63) is 89.0 Å². The quantitative estimate of drug-likeness (QED) is 0.495. The second-order valence-corrected chi connectivity index (χ2v) is 9.71. The van der Waals surface area contributed by atoms with Gasteiger partial charge in [0.05, 0.1) is 13.2 Å². The number of carbonyl (C=O) groups is 2. The molecule has 1 aliphatic heterocycles. The number of nitrogens with one attached hydrogen (secondary N) is 1. The van der Waals surface area contributed by atoms with E-state index in [-0.39, 0.29) is 23.8 Å². The maximum Gasteiger partial charge on any atom is 0.265 e. The molecular weight excluding hydrogens is 452 g/mol. The molecule has 0 radical (unpaired) electrons. The van der Waals surface area contributed by atoms with Gasteiger partial charge in [-0.2, -0.15) is 0 Å². The van der Waals surface area contributed by atoms with Crippen LogP contribution in [-0.4, -0.2) is 36.5 Å². The topological polar surface area (TPSA) is 67.9 Å². The van der Waals surface area contributed by atoms with Gasteiger partial charge in [-0.3, -0.25) is 9.59 Å². The third-order valence-electron chi connectivity index (χ3n) is 6.99. The second-order valence-electron chi connectivity index (χ2n) is 9.71. The van der Waals surface area contributed by atoms with E-state index in [0.29, 0.717) is 18.0 Å². The highest BCUT2D eigenvalue weighted by Gasteiger charge is 2.39. The van der Waals surface area contributed by atoms with E-state index in [1.807, 2.05) is 17.0 Å². The van der Waals surface area contributed by atoms with Gasteiger partial charge in [0, 0.05) is 18.2 Å². The van der Waals surface area contributed by atoms with Crippen LogP contribution in [0, 0.1) is 12.8 Å². The lowest BCUT2D eigenvalue weighted by atomic mass is 9.87. The summed E-state index contributed by atoms with van der Waals surface area (Å²) in [5.41, 5.74) is 5.24. The van der Waals surface area contributed by atoms with Crippen molar-refractivity contribution in [3.63, 3.8) is 0 Å². The van der Waals surface area contributed by atoms with Crippen LogP contribution in [0.5, 0.6) is 11.5 Å². The molecule has 186 valence electrons. The fraction of sp³-hybridized carbons (Fsp3) is 0.333. The first kappa shape index (κ1) is 23.9. The number of rotatable bonds is 7. The third-order valence-corrected chi connectivity index (χ3v) is 6.99. The van der Waals surface area contributed by atoms with Crippen LogP contribution < -0.4 is 14.8 Å². The first-order chi connectivity index (χ1) is 17.4. The Morgan fingerprint density at radius 2 is 1.67 bits per heavy atom. The molecule has 2 unspecified atom stereocenters. The van der Waals surface area contributed by atoms with Crippen LogP contribution in [-0.2, 0) is 16.0 Å². The van der Waals surface area contributed by atoms with Crippen molar-refractivity contribution in [2.45, 2.75) is 45.3 Å². The molecule has 5 rings (SSSR count). The predicted molar refractivity (Wildman–Crippen MR) is 139 cm³/mol. The molecular formula is C30H32N2O4. The Bertz CT molecular complexity index is 1250. The zero-order valence-corrected chi connectivity index (χ0v) is 21.0. The van der Waals surface area contributed by atoms with E-state index >= 15 is 0 Å². The number of carbonyl (C=O) groups excluding carboxylic acids is 2. The largest absolute Gasteiger partial charge is 0.497 e. The van der Waals surface area contributed by atoms with E-state index in [1.54, 1.807) is 38.3 Å². The van der Waals surface area contributed by atoms with Crippen molar-refractivity contribution >= 4 is 17.5 Å². The zero-order chi connectivity index (χ0) is 25.2. The van der Waals surface area contributed by atoms with Gasteiger partial charge < -0.3 is 19.7 Å². The average Bonchev–Trinajstić information content (AvgIpc) is 3.74. The SMILES string of the molecule is COc1ccc(NC(=O)C(C)Oc2ccc3c(c2)C(c2ccc(C)cc2)N(C(=O)C2CC2)CC3)cc1. The van der Waals surface area contributed by atoms with Gasteiger partial charge >= 0.3 is 0 Å². The van der Waals surface area contributed by atoms with Gasteiger partial charge in [-0.1, -0.05) is 35.9 Å². The van der Waals surface area contributed by atoms with E-state index in [2.05, 4.69) is 42.6 Å². The molecule has 1 saturated carbocycles. The van der Waals surface area contributed by atoms with Gasteiger partial charge in [0.15, 0.2) is 6.10 Å². The molecule has 0 bridgehead atoms. The van der Waals surface area contributed by atoms with Crippen LogP contribution in [0.15, 0.2) is 66.7 Å². The van der Waals surface area contributed by atoms with Gasteiger partial charge in [0.1, 0.15) is 11.5 Å². The molecule has 3 aromatic carbocycles. The molecule has 1 heterocycles. The predicted octanol–water partition coefficient (Wildman–Crippen LogP) is 5.29. The second kappa shape index (κ2) is 10.1. The number of benzene rings is 3. The Balaban J connectivity index is 1.38. The van der Waals surface area contributed by atoms with Gasteiger partial charge in [-0.05, 0) is 86.2 Å². The lowest BCUT2D eigenvalue weighted by Gasteiger charge is -2.38. The van der Waals surface area contributed by atoms with Gasteiger partial charge in [0.25, 0.3) is 5.91 Å². The Kier molecular flexibility index (Phi) is 6.68. The minimum atomic E-state index is -0.698. The lowest BCUT2D eigenvalue weighted by Crippen LogP contribution is -2.41. The molecule has 2 aliphatic rings. The molecule has 0 aromatic heterocycles. The third kappa shape index (κ3) is 5.08. The molecule has 1 fully saturated rings. The Hall–Kier alpha value is -3.80. The van der Waals surface area contributed by atoms with Crippen molar-refractivity contribution in [3.8, 4) is 11.5 Å². The Labute approximate surface area is 212 Å². The fourth-order valence-corrected chi connectivity index (χ4v) is 4.75. The Morgan fingerprint density at radius 1 is 0.972 bits per heavy atom. The standard InChI is InChI=1S/C30H32N2O4/c1-19-4-6-22(7-5-19)28-27-18-26(13-10-21(27)16-17-32(28)30(34)23-8-9-23)36-20(2)29(33)31-24-11-14-25(35-3)15-12-24/h4-7,10-15,18,20,23,28H,8-9,16-17H2,1-3H3,(H,31,33). The van der Waals surface area contributed by atoms with Gasteiger partial charge in [-0.25, -0.2) is 0 Å². The normalized spacial score (nSPS) is 17.6. The smallest absolute Gasteiger partial charge is 0.265 e. The highest BCUT2D eigenvalue weighted by Crippen LogP contribution is 2.41. The van der Waals surface area contributed by atoms with Crippen molar-refractivity contribution < 1.29 is 19.1 Å². The first-order valence-electron chi connectivity index (χ1n) is 12.5. The average molecular weight is 485 g/mol. The number of hydrogen-bond acceptors (Lipinski definition) is 4. The molecule has 6 nitrogen and oxygen atoms in total. The van der Waals surface area contributed by atoms with Crippen molar-refractivity contribution in [1.29, 1.82) is 0 Å². The number of amides is 2. The van der Waals surface area contributed by atoms with E-state index in [4.69, 9.17) is 9.47 Å². The van der Waals surface area contributed by atoms with E-state index in [0.717, 1.165) is 36.1 Å². The van der Waals surface area contributed by atoms with E-state index in [9.17, 15) is 9.59 Å². The number of aryl methyl sites for hydroxylation is 1. The summed E-state index contributed by atoms with van der Waals surface area (Å²) in [5.74, 6) is 1.50. The highest BCUT2D eigenvalue weighted by atomic mass is 16.5. The molecule has 0 spiro atoms.